The van der Waals surface area contributed by atoms with Gasteiger partial charge < -0.3 is 10.2 Å². The highest BCUT2D eigenvalue weighted by atomic mass is 19.1. The van der Waals surface area contributed by atoms with Crippen molar-refractivity contribution in [3.05, 3.63) is 24.2 Å². The van der Waals surface area contributed by atoms with E-state index in [1.165, 1.54) is 0 Å². The van der Waals surface area contributed by atoms with Crippen molar-refractivity contribution in [3.8, 4) is 0 Å². The van der Waals surface area contributed by atoms with Crippen LogP contribution in [0.3, 0.4) is 0 Å². The summed E-state index contributed by atoms with van der Waals surface area (Å²) in [7, 11) is 0. The van der Waals surface area contributed by atoms with Gasteiger partial charge in [-0.2, -0.15) is 0 Å². The van der Waals surface area contributed by atoms with Crippen LogP contribution < -0.4 is 5.32 Å². The SMILES string of the molecule is C=C(F)C(=CCC)N1CCNC(C)C1. The van der Waals surface area contributed by atoms with Crippen LogP contribution in [0.15, 0.2) is 24.2 Å². The van der Waals surface area contributed by atoms with Crippen molar-refractivity contribution in [2.45, 2.75) is 26.3 Å². The van der Waals surface area contributed by atoms with Crippen LogP contribution in [-0.2, 0) is 0 Å². The van der Waals surface area contributed by atoms with Crippen LogP contribution in [0, 0.1) is 0 Å². The molecule has 1 fully saturated rings. The van der Waals surface area contributed by atoms with Gasteiger partial charge in [0.1, 0.15) is 5.83 Å². The first-order valence-corrected chi connectivity index (χ1v) is 5.18. The lowest BCUT2D eigenvalue weighted by Crippen LogP contribution is -2.48. The fraction of sp³-hybridized carbons (Fsp3) is 0.636. The molecule has 1 N–H and O–H groups in total. The van der Waals surface area contributed by atoms with Gasteiger partial charge in [0.25, 0.3) is 0 Å². The molecule has 1 unspecified atom stereocenters. The zero-order valence-electron chi connectivity index (χ0n) is 9.02. The second-order valence-electron chi connectivity index (χ2n) is 3.70. The summed E-state index contributed by atoms with van der Waals surface area (Å²) in [5.41, 5.74) is 0.667. The van der Waals surface area contributed by atoms with E-state index in [0.717, 1.165) is 26.1 Å². The molecule has 0 aromatic carbocycles. The standard InChI is InChI=1S/C11H19FN2/c1-4-5-11(10(3)12)14-7-6-13-9(2)8-14/h5,9,13H,3-4,6-8H2,1-2H3. The molecule has 0 bridgehead atoms. The third kappa shape index (κ3) is 2.84. The molecule has 0 aromatic heterocycles. The molecule has 0 amide bonds. The van der Waals surface area contributed by atoms with E-state index in [1.54, 1.807) is 0 Å². The number of nitrogens with one attached hydrogen (secondary N) is 1. The molecule has 1 atom stereocenters. The van der Waals surface area contributed by atoms with Gasteiger partial charge in [-0.1, -0.05) is 19.6 Å². The zero-order valence-corrected chi connectivity index (χ0v) is 9.02. The van der Waals surface area contributed by atoms with Crippen LogP contribution in [0.4, 0.5) is 4.39 Å². The van der Waals surface area contributed by atoms with E-state index in [2.05, 4.69) is 23.7 Å². The second kappa shape index (κ2) is 5.15. The van der Waals surface area contributed by atoms with Crippen molar-refractivity contribution in [3.63, 3.8) is 0 Å². The average Bonchev–Trinajstić information content (AvgIpc) is 2.13. The Balaban J connectivity index is 2.68. The molecular weight excluding hydrogens is 179 g/mol. The van der Waals surface area contributed by atoms with Gasteiger partial charge in [0, 0.05) is 25.7 Å². The predicted molar refractivity (Wildman–Crippen MR) is 57.7 cm³/mol. The summed E-state index contributed by atoms with van der Waals surface area (Å²) in [6.07, 6.45) is 2.75. The van der Waals surface area contributed by atoms with E-state index in [4.69, 9.17) is 0 Å². The second-order valence-corrected chi connectivity index (χ2v) is 3.70. The molecule has 1 aliphatic heterocycles. The minimum atomic E-state index is -0.319. The van der Waals surface area contributed by atoms with Gasteiger partial charge in [0.2, 0.25) is 0 Å². The number of nitrogens with zero attached hydrogens (tertiary/aromatic N) is 1. The number of hydrogen-bond acceptors (Lipinski definition) is 2. The van der Waals surface area contributed by atoms with Crippen LogP contribution in [0.5, 0.6) is 0 Å². The number of rotatable bonds is 3. The molecule has 0 saturated carbocycles. The van der Waals surface area contributed by atoms with Crippen LogP contribution in [0.2, 0.25) is 0 Å². The van der Waals surface area contributed by atoms with Crippen molar-refractivity contribution in [1.82, 2.24) is 10.2 Å². The van der Waals surface area contributed by atoms with Crippen LogP contribution >= 0.6 is 0 Å². The summed E-state index contributed by atoms with van der Waals surface area (Å²) in [4.78, 5) is 2.06. The average molecular weight is 198 g/mol. The van der Waals surface area contributed by atoms with E-state index >= 15 is 0 Å². The quantitative estimate of drug-likeness (QED) is 0.698. The zero-order chi connectivity index (χ0) is 10.6. The van der Waals surface area contributed by atoms with Crippen molar-refractivity contribution in [2.24, 2.45) is 0 Å². The van der Waals surface area contributed by atoms with E-state index in [9.17, 15) is 4.39 Å². The maximum absolute atomic E-state index is 13.1. The summed E-state index contributed by atoms with van der Waals surface area (Å²) in [6, 6.07) is 0.420. The van der Waals surface area contributed by atoms with E-state index < -0.39 is 0 Å². The molecule has 1 rings (SSSR count). The van der Waals surface area contributed by atoms with Gasteiger partial charge in [0.15, 0.2) is 0 Å². The lowest BCUT2D eigenvalue weighted by molar-refractivity contribution is 0.252. The summed E-state index contributed by atoms with van der Waals surface area (Å²) >= 11 is 0. The molecule has 1 aliphatic rings. The smallest absolute Gasteiger partial charge is 0.139 e. The van der Waals surface area contributed by atoms with E-state index in [1.807, 2.05) is 13.0 Å². The largest absolute Gasteiger partial charge is 0.367 e. The molecule has 3 heteroatoms. The van der Waals surface area contributed by atoms with Gasteiger partial charge in [-0.25, -0.2) is 4.39 Å². The minimum Gasteiger partial charge on any atom is -0.367 e. The molecule has 0 radical (unpaired) electrons. The third-order valence-electron chi connectivity index (χ3n) is 2.38. The molecule has 0 spiro atoms. The first kappa shape index (κ1) is 11.2. The molecule has 1 heterocycles. The third-order valence-corrected chi connectivity index (χ3v) is 2.38. The number of halogens is 1. The van der Waals surface area contributed by atoms with Crippen molar-refractivity contribution >= 4 is 0 Å². The highest BCUT2D eigenvalue weighted by Crippen LogP contribution is 2.17. The summed E-state index contributed by atoms with van der Waals surface area (Å²) in [5.74, 6) is -0.319. The molecule has 14 heavy (non-hydrogen) atoms. The Labute approximate surface area is 85.5 Å². The Kier molecular flexibility index (Phi) is 4.14. The monoisotopic (exact) mass is 198 g/mol. The maximum atomic E-state index is 13.1. The minimum absolute atomic E-state index is 0.319. The van der Waals surface area contributed by atoms with Gasteiger partial charge in [0.05, 0.1) is 5.70 Å². The van der Waals surface area contributed by atoms with E-state index in [-0.39, 0.29) is 5.83 Å². The Bertz CT molecular complexity index is 235. The van der Waals surface area contributed by atoms with Crippen molar-refractivity contribution < 1.29 is 4.39 Å². The Morgan fingerprint density at radius 2 is 2.43 bits per heavy atom. The van der Waals surface area contributed by atoms with Crippen molar-refractivity contribution in [2.75, 3.05) is 19.6 Å². The van der Waals surface area contributed by atoms with Crippen LogP contribution in [-0.4, -0.2) is 30.6 Å². The summed E-state index contributed by atoms with van der Waals surface area (Å²) in [6.45, 7) is 10.1. The van der Waals surface area contributed by atoms with E-state index in [0.29, 0.717) is 11.7 Å². The Morgan fingerprint density at radius 1 is 1.71 bits per heavy atom. The Hall–Kier alpha value is -0.830. The number of hydrogen-bond donors (Lipinski definition) is 1. The van der Waals surface area contributed by atoms with Crippen molar-refractivity contribution in [1.29, 1.82) is 0 Å². The predicted octanol–water partition coefficient (Wildman–Crippen LogP) is 2.06. The molecule has 2 nitrogen and oxygen atoms in total. The number of allylic oxidation sites excluding steroid dienone is 2. The molecular formula is C11H19FN2. The first-order valence-electron chi connectivity index (χ1n) is 5.18. The number of piperazine rings is 1. The van der Waals surface area contributed by atoms with Gasteiger partial charge in [-0.15, -0.1) is 0 Å². The lowest BCUT2D eigenvalue weighted by Gasteiger charge is -2.34. The Morgan fingerprint density at radius 3 is 2.93 bits per heavy atom. The fourth-order valence-corrected chi connectivity index (χ4v) is 1.76. The molecule has 0 aliphatic carbocycles. The lowest BCUT2D eigenvalue weighted by atomic mass is 10.2. The normalized spacial score (nSPS) is 23.8. The van der Waals surface area contributed by atoms with Gasteiger partial charge in [-0.05, 0) is 13.3 Å². The molecule has 0 aromatic rings. The summed E-state index contributed by atoms with van der Waals surface area (Å²) < 4.78 is 13.1. The molecule has 1 saturated heterocycles. The van der Waals surface area contributed by atoms with Crippen LogP contribution in [0.1, 0.15) is 20.3 Å². The highest BCUT2D eigenvalue weighted by molar-refractivity contribution is 5.21. The fourth-order valence-electron chi connectivity index (χ4n) is 1.76. The molecule has 80 valence electrons. The maximum Gasteiger partial charge on any atom is 0.139 e. The van der Waals surface area contributed by atoms with Crippen LogP contribution in [0.25, 0.3) is 0 Å². The van der Waals surface area contributed by atoms with Gasteiger partial charge >= 0.3 is 0 Å². The summed E-state index contributed by atoms with van der Waals surface area (Å²) in [5, 5.41) is 3.33. The first-order chi connectivity index (χ1) is 6.65. The topological polar surface area (TPSA) is 15.3 Å². The highest BCUT2D eigenvalue weighted by Gasteiger charge is 2.18. The van der Waals surface area contributed by atoms with Gasteiger partial charge in [-0.3, -0.25) is 0 Å².